The molecule has 142 valence electrons. The highest BCUT2D eigenvalue weighted by atomic mass is 16.7. The summed E-state index contributed by atoms with van der Waals surface area (Å²) in [6.07, 6.45) is -0.412. The third kappa shape index (κ3) is 4.17. The zero-order chi connectivity index (χ0) is 19.7. The molecule has 0 aliphatic carbocycles. The van der Waals surface area contributed by atoms with Crippen LogP contribution in [0.4, 0.5) is 10.5 Å². The molecular formula is C21H26BNO4. The van der Waals surface area contributed by atoms with Gasteiger partial charge in [0.05, 0.1) is 11.2 Å². The number of nitrogens with zero attached hydrogens (tertiary/aromatic N) is 1. The molecule has 3 rings (SSSR count). The van der Waals surface area contributed by atoms with Crippen molar-refractivity contribution in [2.75, 3.05) is 11.9 Å². The van der Waals surface area contributed by atoms with Crippen molar-refractivity contribution in [1.82, 2.24) is 0 Å². The van der Waals surface area contributed by atoms with Gasteiger partial charge in [0, 0.05) is 12.7 Å². The van der Waals surface area contributed by atoms with Crippen molar-refractivity contribution in [2.24, 2.45) is 0 Å². The van der Waals surface area contributed by atoms with Gasteiger partial charge in [-0.05, 0) is 50.9 Å². The van der Waals surface area contributed by atoms with Gasteiger partial charge in [-0.3, -0.25) is 4.90 Å². The number of benzene rings is 2. The molecule has 0 N–H and O–H groups in total. The minimum absolute atomic E-state index is 0.237. The first-order valence-corrected chi connectivity index (χ1v) is 9.10. The predicted molar refractivity (Wildman–Crippen MR) is 107 cm³/mol. The van der Waals surface area contributed by atoms with E-state index in [1.807, 2.05) is 82.3 Å². The third-order valence-electron chi connectivity index (χ3n) is 5.26. The molecule has 1 aliphatic heterocycles. The van der Waals surface area contributed by atoms with Crippen LogP contribution in [-0.4, -0.2) is 31.5 Å². The molecule has 0 unspecified atom stereocenters. The topological polar surface area (TPSA) is 48.0 Å². The molecule has 5 nitrogen and oxygen atoms in total. The first kappa shape index (κ1) is 19.5. The number of carbonyl (C=O) groups excluding carboxylic acids is 1. The van der Waals surface area contributed by atoms with Crippen LogP contribution in [0.5, 0.6) is 0 Å². The lowest BCUT2D eigenvalue weighted by atomic mass is 9.79. The Kier molecular flexibility index (Phi) is 5.31. The number of anilines is 1. The van der Waals surface area contributed by atoms with Crippen molar-refractivity contribution in [1.29, 1.82) is 0 Å². The molecule has 0 aromatic heterocycles. The molecule has 0 atom stereocenters. The number of hydrogen-bond donors (Lipinski definition) is 0. The lowest BCUT2D eigenvalue weighted by molar-refractivity contribution is 0.00578. The van der Waals surface area contributed by atoms with Crippen molar-refractivity contribution < 1.29 is 18.8 Å². The van der Waals surface area contributed by atoms with Gasteiger partial charge in [0.1, 0.15) is 6.61 Å². The molecule has 0 saturated carbocycles. The highest BCUT2D eigenvalue weighted by Crippen LogP contribution is 2.36. The molecule has 27 heavy (non-hydrogen) atoms. The first-order chi connectivity index (χ1) is 12.7. The maximum atomic E-state index is 12.4. The second-order valence-corrected chi connectivity index (χ2v) is 7.78. The van der Waals surface area contributed by atoms with E-state index >= 15 is 0 Å². The molecule has 1 amide bonds. The van der Waals surface area contributed by atoms with Gasteiger partial charge < -0.3 is 14.0 Å². The van der Waals surface area contributed by atoms with Crippen molar-refractivity contribution in [3.8, 4) is 0 Å². The summed E-state index contributed by atoms with van der Waals surface area (Å²) in [5, 5.41) is 0. The highest BCUT2D eigenvalue weighted by molar-refractivity contribution is 6.62. The van der Waals surface area contributed by atoms with Crippen molar-refractivity contribution in [2.45, 2.75) is 45.5 Å². The van der Waals surface area contributed by atoms with E-state index in [0.717, 1.165) is 16.7 Å². The van der Waals surface area contributed by atoms with Crippen LogP contribution in [0.15, 0.2) is 54.6 Å². The molecule has 0 bridgehead atoms. The summed E-state index contributed by atoms with van der Waals surface area (Å²) in [5.74, 6) is 0. The van der Waals surface area contributed by atoms with Crippen LogP contribution >= 0.6 is 0 Å². The van der Waals surface area contributed by atoms with E-state index in [1.165, 1.54) is 4.90 Å². The summed E-state index contributed by atoms with van der Waals surface area (Å²) in [6, 6.07) is 17.2. The maximum absolute atomic E-state index is 12.4. The molecule has 1 heterocycles. The Morgan fingerprint density at radius 1 is 1.00 bits per heavy atom. The lowest BCUT2D eigenvalue weighted by Crippen LogP contribution is -2.41. The number of rotatable bonds is 4. The molecule has 0 spiro atoms. The zero-order valence-corrected chi connectivity index (χ0v) is 16.6. The van der Waals surface area contributed by atoms with Gasteiger partial charge >= 0.3 is 13.2 Å². The van der Waals surface area contributed by atoms with E-state index in [1.54, 1.807) is 7.05 Å². The van der Waals surface area contributed by atoms with E-state index < -0.39 is 24.4 Å². The molecular weight excluding hydrogens is 341 g/mol. The van der Waals surface area contributed by atoms with Crippen LogP contribution < -0.4 is 10.4 Å². The van der Waals surface area contributed by atoms with E-state index in [4.69, 9.17) is 14.0 Å². The molecule has 1 saturated heterocycles. The normalized spacial score (nSPS) is 17.6. The standard InChI is InChI=1S/C21H26BNO4/c1-20(2)21(3,4)27-22(26-20)17-12-9-13-18(14-17)23(5)19(24)25-15-16-10-7-6-8-11-16/h6-14H,15H2,1-5H3. The minimum Gasteiger partial charge on any atom is -0.444 e. The summed E-state index contributed by atoms with van der Waals surface area (Å²) in [7, 11) is 1.22. The number of amides is 1. The fraction of sp³-hybridized carbons (Fsp3) is 0.381. The average Bonchev–Trinajstić information content (AvgIpc) is 2.87. The molecule has 6 heteroatoms. The fourth-order valence-corrected chi connectivity index (χ4v) is 2.78. The Morgan fingerprint density at radius 2 is 1.63 bits per heavy atom. The largest absolute Gasteiger partial charge is 0.494 e. The Balaban J connectivity index is 1.69. The van der Waals surface area contributed by atoms with E-state index in [2.05, 4.69) is 0 Å². The second kappa shape index (κ2) is 7.37. The highest BCUT2D eigenvalue weighted by Gasteiger charge is 2.51. The Morgan fingerprint density at radius 3 is 2.26 bits per heavy atom. The van der Waals surface area contributed by atoms with Gasteiger partial charge in [0.25, 0.3) is 0 Å². The minimum atomic E-state index is -0.469. The molecule has 1 aliphatic rings. The zero-order valence-electron chi connectivity index (χ0n) is 16.6. The van der Waals surface area contributed by atoms with Gasteiger partial charge in [-0.2, -0.15) is 0 Å². The number of hydrogen-bond acceptors (Lipinski definition) is 4. The van der Waals surface area contributed by atoms with Crippen molar-refractivity contribution >= 4 is 24.4 Å². The summed E-state index contributed by atoms with van der Waals surface area (Å²) in [6.45, 7) is 8.31. The number of carbonyl (C=O) groups is 1. The van der Waals surface area contributed by atoms with Crippen molar-refractivity contribution in [3.05, 3.63) is 60.2 Å². The predicted octanol–water partition coefficient (Wildman–Crippen LogP) is 3.76. The van der Waals surface area contributed by atoms with E-state index in [-0.39, 0.29) is 6.61 Å². The van der Waals surface area contributed by atoms with Crippen LogP contribution in [0.3, 0.4) is 0 Å². The summed E-state index contributed by atoms with van der Waals surface area (Å²) in [4.78, 5) is 13.9. The smallest absolute Gasteiger partial charge is 0.444 e. The lowest BCUT2D eigenvalue weighted by Gasteiger charge is -2.32. The summed E-state index contributed by atoms with van der Waals surface area (Å²) in [5.41, 5.74) is 1.72. The number of ether oxygens (including phenoxy) is 1. The van der Waals surface area contributed by atoms with Gasteiger partial charge in [-0.1, -0.05) is 42.5 Å². The summed E-state index contributed by atoms with van der Waals surface area (Å²) >= 11 is 0. The van der Waals surface area contributed by atoms with Crippen LogP contribution in [0.2, 0.25) is 0 Å². The Hall–Kier alpha value is -2.31. The SMILES string of the molecule is CN(C(=O)OCc1ccccc1)c1cccc(B2OC(C)(C)C(C)(C)O2)c1. The summed E-state index contributed by atoms with van der Waals surface area (Å²) < 4.78 is 17.6. The average molecular weight is 367 g/mol. The molecule has 1 fully saturated rings. The van der Waals surface area contributed by atoms with Gasteiger partial charge in [0.15, 0.2) is 0 Å². The molecule has 0 radical (unpaired) electrons. The van der Waals surface area contributed by atoms with Crippen LogP contribution in [0, 0.1) is 0 Å². The van der Waals surface area contributed by atoms with E-state index in [9.17, 15) is 4.79 Å². The molecule has 2 aromatic rings. The van der Waals surface area contributed by atoms with E-state index in [0.29, 0.717) is 0 Å². The monoisotopic (exact) mass is 367 g/mol. The van der Waals surface area contributed by atoms with Gasteiger partial charge in [-0.15, -0.1) is 0 Å². The van der Waals surface area contributed by atoms with Crippen LogP contribution in [0.25, 0.3) is 0 Å². The van der Waals surface area contributed by atoms with Gasteiger partial charge in [-0.25, -0.2) is 4.79 Å². The third-order valence-corrected chi connectivity index (χ3v) is 5.26. The quantitative estimate of drug-likeness (QED) is 0.772. The van der Waals surface area contributed by atoms with Gasteiger partial charge in [0.2, 0.25) is 0 Å². The van der Waals surface area contributed by atoms with Crippen LogP contribution in [0.1, 0.15) is 33.3 Å². The Bertz CT molecular complexity index is 791. The van der Waals surface area contributed by atoms with Crippen molar-refractivity contribution in [3.63, 3.8) is 0 Å². The molecule has 2 aromatic carbocycles. The first-order valence-electron chi connectivity index (χ1n) is 9.10. The second-order valence-electron chi connectivity index (χ2n) is 7.78. The maximum Gasteiger partial charge on any atom is 0.494 e. The Labute approximate surface area is 161 Å². The fourth-order valence-electron chi connectivity index (χ4n) is 2.78. The van der Waals surface area contributed by atoms with Crippen LogP contribution in [-0.2, 0) is 20.7 Å².